The van der Waals surface area contributed by atoms with Gasteiger partial charge in [0.25, 0.3) is 5.91 Å². The van der Waals surface area contributed by atoms with E-state index in [1.54, 1.807) is 18.2 Å². The number of rotatable bonds is 4. The predicted molar refractivity (Wildman–Crippen MR) is 109 cm³/mol. The Bertz CT molecular complexity index is 1140. The zero-order chi connectivity index (χ0) is 20.7. The Morgan fingerprint density at radius 2 is 1.69 bits per heavy atom. The molecule has 0 aromatic heterocycles. The lowest BCUT2D eigenvalue weighted by Gasteiger charge is -2.20. The van der Waals surface area contributed by atoms with E-state index < -0.39 is 12.0 Å². The fraction of sp³-hybridized carbons (Fsp3) is 0.167. The van der Waals surface area contributed by atoms with Crippen LogP contribution in [0.2, 0.25) is 0 Å². The second kappa shape index (κ2) is 7.17. The van der Waals surface area contributed by atoms with Crippen LogP contribution < -0.4 is 0 Å². The van der Waals surface area contributed by atoms with Gasteiger partial charge in [0.15, 0.2) is 0 Å². The van der Waals surface area contributed by atoms with Crippen molar-refractivity contribution < 1.29 is 19.1 Å². The van der Waals surface area contributed by atoms with Crippen LogP contribution in [-0.4, -0.2) is 27.9 Å². The normalized spacial score (nSPS) is 14.0. The summed E-state index contributed by atoms with van der Waals surface area (Å²) < 4.78 is 14.3. The topological polar surface area (TPSA) is 57.6 Å². The van der Waals surface area contributed by atoms with E-state index in [2.05, 4.69) is 0 Å². The minimum Gasteiger partial charge on any atom is -0.480 e. The molecule has 0 radical (unpaired) electrons. The molecule has 29 heavy (non-hydrogen) atoms. The lowest BCUT2D eigenvalue weighted by molar-refractivity contribution is -0.141. The molecule has 0 saturated heterocycles. The molecule has 1 unspecified atom stereocenters. The molecular formula is C24H20FNO3. The third-order valence-corrected chi connectivity index (χ3v) is 5.57. The molecule has 146 valence electrons. The summed E-state index contributed by atoms with van der Waals surface area (Å²) in [6.45, 7) is 3.73. The number of fused-ring (bicyclic) bond motifs is 1. The molecule has 0 spiro atoms. The molecule has 4 rings (SSSR count). The Hall–Kier alpha value is -3.47. The van der Waals surface area contributed by atoms with E-state index in [0.29, 0.717) is 11.1 Å². The average molecular weight is 389 g/mol. The van der Waals surface area contributed by atoms with Crippen LogP contribution in [0.25, 0.3) is 22.3 Å². The summed E-state index contributed by atoms with van der Waals surface area (Å²) in [5.41, 5.74) is 5.50. The van der Waals surface area contributed by atoms with Crippen molar-refractivity contribution in [1.29, 1.82) is 0 Å². The average Bonchev–Trinajstić information content (AvgIpc) is 3.04. The largest absolute Gasteiger partial charge is 0.480 e. The summed E-state index contributed by atoms with van der Waals surface area (Å²) in [6.07, 6.45) is 0. The standard InChI is InChI=1S/C24H20FNO3/c1-14-18(7-5-8-19(14)21-6-3-4-9-22(21)25)16-10-11-20-17(12-16)13-26(23(20)27)15(2)24(28)29/h3-12,15H,13H2,1-2H3,(H,28,29). The molecule has 1 aliphatic rings. The first-order chi connectivity index (χ1) is 13.9. The van der Waals surface area contributed by atoms with E-state index >= 15 is 0 Å². The van der Waals surface area contributed by atoms with Gasteiger partial charge >= 0.3 is 5.97 Å². The van der Waals surface area contributed by atoms with Crippen molar-refractivity contribution in [3.8, 4) is 22.3 Å². The number of carboxylic acid groups (broad SMARTS) is 1. The van der Waals surface area contributed by atoms with Gasteiger partial charge in [0.2, 0.25) is 0 Å². The van der Waals surface area contributed by atoms with Crippen LogP contribution in [0.5, 0.6) is 0 Å². The van der Waals surface area contributed by atoms with Crippen molar-refractivity contribution in [2.24, 2.45) is 0 Å². The van der Waals surface area contributed by atoms with E-state index in [1.807, 2.05) is 43.3 Å². The van der Waals surface area contributed by atoms with Crippen molar-refractivity contribution in [1.82, 2.24) is 4.90 Å². The Labute approximate surface area is 168 Å². The van der Waals surface area contributed by atoms with Gasteiger partial charge in [-0.25, -0.2) is 9.18 Å². The second-order valence-electron chi connectivity index (χ2n) is 7.28. The Kier molecular flexibility index (Phi) is 4.66. The van der Waals surface area contributed by atoms with Gasteiger partial charge in [-0.2, -0.15) is 0 Å². The number of hydrogen-bond acceptors (Lipinski definition) is 2. The van der Waals surface area contributed by atoms with Crippen LogP contribution in [0.15, 0.2) is 60.7 Å². The molecule has 0 saturated carbocycles. The van der Waals surface area contributed by atoms with E-state index in [-0.39, 0.29) is 18.3 Å². The molecule has 1 heterocycles. The third kappa shape index (κ3) is 3.18. The summed E-state index contributed by atoms with van der Waals surface area (Å²) in [4.78, 5) is 25.2. The van der Waals surface area contributed by atoms with Gasteiger partial charge < -0.3 is 10.0 Å². The molecular weight excluding hydrogens is 369 g/mol. The van der Waals surface area contributed by atoms with Crippen LogP contribution in [0.3, 0.4) is 0 Å². The molecule has 1 atom stereocenters. The summed E-state index contributed by atoms with van der Waals surface area (Å²) in [5.74, 6) is -1.57. The number of hydrogen-bond donors (Lipinski definition) is 1. The van der Waals surface area contributed by atoms with Crippen molar-refractivity contribution in [2.75, 3.05) is 0 Å². The summed E-state index contributed by atoms with van der Waals surface area (Å²) >= 11 is 0. The van der Waals surface area contributed by atoms with Crippen LogP contribution >= 0.6 is 0 Å². The lowest BCUT2D eigenvalue weighted by Crippen LogP contribution is -2.38. The first-order valence-electron chi connectivity index (χ1n) is 9.40. The predicted octanol–water partition coefficient (Wildman–Crippen LogP) is 4.90. The molecule has 1 aliphatic heterocycles. The Morgan fingerprint density at radius 3 is 2.41 bits per heavy atom. The summed E-state index contributed by atoms with van der Waals surface area (Å²) in [7, 11) is 0. The number of aliphatic carboxylic acids is 1. The van der Waals surface area contributed by atoms with E-state index in [9.17, 15) is 19.1 Å². The molecule has 0 aliphatic carbocycles. The van der Waals surface area contributed by atoms with E-state index in [4.69, 9.17) is 0 Å². The number of carbonyl (C=O) groups is 2. The molecule has 3 aromatic carbocycles. The van der Waals surface area contributed by atoms with Gasteiger partial charge in [-0.15, -0.1) is 0 Å². The monoisotopic (exact) mass is 389 g/mol. The van der Waals surface area contributed by atoms with Crippen molar-refractivity contribution >= 4 is 11.9 Å². The quantitative estimate of drug-likeness (QED) is 0.691. The van der Waals surface area contributed by atoms with Crippen LogP contribution in [-0.2, 0) is 11.3 Å². The highest BCUT2D eigenvalue weighted by Crippen LogP contribution is 2.35. The minimum atomic E-state index is -1.03. The third-order valence-electron chi connectivity index (χ3n) is 5.57. The molecule has 1 amide bonds. The maximum Gasteiger partial charge on any atom is 0.326 e. The molecule has 0 fully saturated rings. The Balaban J connectivity index is 1.75. The zero-order valence-electron chi connectivity index (χ0n) is 16.1. The zero-order valence-corrected chi connectivity index (χ0v) is 16.1. The van der Waals surface area contributed by atoms with Gasteiger partial charge in [-0.1, -0.05) is 42.5 Å². The first kappa shape index (κ1) is 18.9. The van der Waals surface area contributed by atoms with Crippen molar-refractivity contribution in [2.45, 2.75) is 26.4 Å². The molecule has 4 nitrogen and oxygen atoms in total. The first-order valence-corrected chi connectivity index (χ1v) is 9.40. The molecule has 0 bridgehead atoms. The number of amides is 1. The number of benzene rings is 3. The number of carboxylic acids is 1. The van der Waals surface area contributed by atoms with Crippen LogP contribution in [0.1, 0.15) is 28.4 Å². The van der Waals surface area contributed by atoms with Gasteiger partial charge in [0, 0.05) is 17.7 Å². The maximum atomic E-state index is 14.3. The summed E-state index contributed by atoms with van der Waals surface area (Å²) in [6, 6.07) is 17.1. The number of halogens is 1. The van der Waals surface area contributed by atoms with Gasteiger partial charge in [0.05, 0.1) is 0 Å². The maximum absolute atomic E-state index is 14.3. The van der Waals surface area contributed by atoms with E-state index in [0.717, 1.165) is 27.8 Å². The lowest BCUT2D eigenvalue weighted by atomic mass is 9.91. The minimum absolute atomic E-state index is 0.265. The Morgan fingerprint density at radius 1 is 1.00 bits per heavy atom. The highest BCUT2D eigenvalue weighted by molar-refractivity contribution is 6.01. The summed E-state index contributed by atoms with van der Waals surface area (Å²) in [5, 5.41) is 9.24. The number of nitrogens with zero attached hydrogens (tertiary/aromatic N) is 1. The van der Waals surface area contributed by atoms with Gasteiger partial charge in [-0.05, 0) is 59.9 Å². The van der Waals surface area contributed by atoms with E-state index in [1.165, 1.54) is 17.9 Å². The van der Waals surface area contributed by atoms with Crippen molar-refractivity contribution in [3.63, 3.8) is 0 Å². The second-order valence-corrected chi connectivity index (χ2v) is 7.28. The highest BCUT2D eigenvalue weighted by atomic mass is 19.1. The fourth-order valence-corrected chi connectivity index (χ4v) is 3.88. The van der Waals surface area contributed by atoms with Crippen LogP contribution in [0.4, 0.5) is 4.39 Å². The number of carbonyl (C=O) groups excluding carboxylic acids is 1. The smallest absolute Gasteiger partial charge is 0.326 e. The van der Waals surface area contributed by atoms with Crippen LogP contribution in [0, 0.1) is 12.7 Å². The molecule has 1 N–H and O–H groups in total. The molecule has 3 aromatic rings. The van der Waals surface area contributed by atoms with Gasteiger partial charge in [0.1, 0.15) is 11.9 Å². The fourth-order valence-electron chi connectivity index (χ4n) is 3.88. The van der Waals surface area contributed by atoms with Crippen molar-refractivity contribution in [3.05, 3.63) is 83.2 Å². The highest BCUT2D eigenvalue weighted by Gasteiger charge is 2.33. The van der Waals surface area contributed by atoms with Gasteiger partial charge in [-0.3, -0.25) is 4.79 Å². The molecule has 5 heteroatoms. The SMILES string of the molecule is Cc1c(-c2ccc3c(c2)CN(C(C)C(=O)O)C3=O)cccc1-c1ccccc1F.